The van der Waals surface area contributed by atoms with E-state index in [1.165, 1.54) is 0 Å². The predicted octanol–water partition coefficient (Wildman–Crippen LogP) is 2.34. The molecule has 1 aliphatic carbocycles. The van der Waals surface area contributed by atoms with E-state index in [1.807, 2.05) is 6.26 Å². The molecule has 0 spiro atoms. The minimum absolute atomic E-state index is 0.292. The number of aliphatic carboxylic acids is 1. The number of rotatable bonds is 5. The first kappa shape index (κ1) is 15.1. The molecule has 19 heavy (non-hydrogen) atoms. The van der Waals surface area contributed by atoms with E-state index in [-0.39, 0.29) is 0 Å². The highest BCUT2D eigenvalue weighted by molar-refractivity contribution is 8.03. The number of carboxylic acid groups (broad SMARTS) is 1. The van der Waals surface area contributed by atoms with Gasteiger partial charge in [0.1, 0.15) is 5.54 Å². The molecule has 1 aromatic rings. The van der Waals surface area contributed by atoms with Gasteiger partial charge in [0.2, 0.25) is 0 Å². The largest absolute Gasteiger partial charge is 0.480 e. The number of aromatic nitrogens is 2. The molecule has 2 N–H and O–H groups in total. The van der Waals surface area contributed by atoms with Crippen molar-refractivity contribution in [3.05, 3.63) is 0 Å². The van der Waals surface area contributed by atoms with Gasteiger partial charge in [-0.25, -0.2) is 0 Å². The molecular weight excluding hydrogens is 302 g/mol. The van der Waals surface area contributed by atoms with Crippen molar-refractivity contribution in [2.24, 2.45) is 0 Å². The van der Waals surface area contributed by atoms with Gasteiger partial charge < -0.3 is 10.4 Å². The van der Waals surface area contributed by atoms with Crippen LogP contribution in [0.1, 0.15) is 25.7 Å². The molecule has 1 aliphatic rings. The van der Waals surface area contributed by atoms with E-state index in [1.54, 1.807) is 41.9 Å². The highest BCUT2D eigenvalue weighted by Gasteiger charge is 2.42. The zero-order valence-electron chi connectivity index (χ0n) is 10.9. The highest BCUT2D eigenvalue weighted by Crippen LogP contribution is 2.40. The summed E-state index contributed by atoms with van der Waals surface area (Å²) in [5, 5.41) is 20.9. The number of hydrogen-bond acceptors (Lipinski definition) is 7. The van der Waals surface area contributed by atoms with Crippen molar-refractivity contribution < 1.29 is 9.90 Å². The van der Waals surface area contributed by atoms with E-state index < -0.39 is 11.5 Å². The number of hydrogen-bond donors (Lipinski definition) is 2. The van der Waals surface area contributed by atoms with Crippen LogP contribution in [0.4, 0.5) is 0 Å². The van der Waals surface area contributed by atoms with Gasteiger partial charge >= 0.3 is 5.97 Å². The second kappa shape index (κ2) is 6.43. The van der Waals surface area contributed by atoms with Crippen molar-refractivity contribution in [3.63, 3.8) is 0 Å². The predicted molar refractivity (Wildman–Crippen MR) is 79.2 cm³/mol. The van der Waals surface area contributed by atoms with Crippen LogP contribution < -0.4 is 5.32 Å². The van der Waals surface area contributed by atoms with Gasteiger partial charge in [0.05, 0.1) is 0 Å². The van der Waals surface area contributed by atoms with Gasteiger partial charge in [0, 0.05) is 5.25 Å². The summed E-state index contributed by atoms with van der Waals surface area (Å²) >= 11 is 4.83. The molecule has 0 aliphatic heterocycles. The summed E-state index contributed by atoms with van der Waals surface area (Å²) in [5.74, 6) is -0.748. The lowest BCUT2D eigenvalue weighted by atomic mass is 9.81. The van der Waals surface area contributed by atoms with Crippen molar-refractivity contribution in [1.82, 2.24) is 15.5 Å². The van der Waals surface area contributed by atoms with Crippen LogP contribution >= 0.6 is 34.9 Å². The summed E-state index contributed by atoms with van der Waals surface area (Å²) in [4.78, 5) is 11.5. The molecule has 2 unspecified atom stereocenters. The average molecular weight is 319 g/mol. The molecule has 1 heterocycles. The summed E-state index contributed by atoms with van der Waals surface area (Å²) in [6.07, 6.45) is 5.28. The van der Waals surface area contributed by atoms with Gasteiger partial charge in [0.15, 0.2) is 8.68 Å². The number of likely N-dealkylation sites (N-methyl/N-ethyl adjacent to an activating group) is 1. The molecule has 1 saturated carbocycles. The smallest absolute Gasteiger partial charge is 0.323 e. The van der Waals surface area contributed by atoms with E-state index >= 15 is 0 Å². The second-order valence-corrected chi connectivity index (χ2v) is 8.09. The van der Waals surface area contributed by atoms with Crippen molar-refractivity contribution >= 4 is 40.8 Å². The van der Waals surface area contributed by atoms with Crippen LogP contribution in [-0.4, -0.2) is 45.4 Å². The van der Waals surface area contributed by atoms with Crippen LogP contribution in [0.25, 0.3) is 0 Å². The molecular formula is C11H17N3O2S3. The fourth-order valence-electron chi connectivity index (χ4n) is 2.32. The maximum Gasteiger partial charge on any atom is 0.323 e. The van der Waals surface area contributed by atoms with E-state index in [9.17, 15) is 9.90 Å². The maximum atomic E-state index is 11.5. The lowest BCUT2D eigenvalue weighted by molar-refractivity contribution is -0.146. The topological polar surface area (TPSA) is 75.1 Å². The van der Waals surface area contributed by atoms with Crippen LogP contribution in [0.3, 0.4) is 0 Å². The fraction of sp³-hybridized carbons (Fsp3) is 0.727. The summed E-state index contributed by atoms with van der Waals surface area (Å²) < 4.78 is 1.89. The Morgan fingerprint density at radius 1 is 1.53 bits per heavy atom. The van der Waals surface area contributed by atoms with E-state index in [2.05, 4.69) is 15.5 Å². The van der Waals surface area contributed by atoms with Gasteiger partial charge in [0.25, 0.3) is 0 Å². The first-order valence-corrected chi connectivity index (χ1v) is 8.98. The van der Waals surface area contributed by atoms with E-state index in [0.29, 0.717) is 18.1 Å². The molecule has 0 aromatic carbocycles. The Bertz CT molecular complexity index is 454. The lowest BCUT2D eigenvalue weighted by Gasteiger charge is -2.36. The monoisotopic (exact) mass is 319 g/mol. The Balaban J connectivity index is 2.03. The standard InChI is InChI=1S/C11H17N3O2S3/c1-12-11(8(15)16)5-3-4-7(6-11)18-10-14-13-9(17-2)19-10/h7,12H,3-6H2,1-2H3,(H,15,16). The van der Waals surface area contributed by atoms with E-state index in [4.69, 9.17) is 0 Å². The number of nitrogens with zero attached hydrogens (tertiary/aromatic N) is 2. The molecule has 2 rings (SSSR count). The fourth-order valence-corrected chi connectivity index (χ4v) is 5.35. The van der Waals surface area contributed by atoms with Crippen molar-refractivity contribution in [2.45, 2.75) is 45.2 Å². The average Bonchev–Trinajstić information content (AvgIpc) is 2.86. The zero-order chi connectivity index (χ0) is 13.9. The van der Waals surface area contributed by atoms with Gasteiger partial charge in [-0.3, -0.25) is 4.79 Å². The Labute approximate surface area is 125 Å². The first-order chi connectivity index (χ1) is 9.09. The third-order valence-electron chi connectivity index (χ3n) is 3.42. The van der Waals surface area contributed by atoms with Crippen LogP contribution in [-0.2, 0) is 4.79 Å². The summed E-state index contributed by atoms with van der Waals surface area (Å²) in [6, 6.07) is 0. The highest BCUT2D eigenvalue weighted by atomic mass is 32.2. The molecule has 1 fully saturated rings. The molecule has 106 valence electrons. The molecule has 1 aromatic heterocycles. The molecule has 0 amide bonds. The third kappa shape index (κ3) is 3.42. The van der Waals surface area contributed by atoms with Crippen LogP contribution in [0.15, 0.2) is 8.68 Å². The molecule has 2 atom stereocenters. The molecule has 0 saturated heterocycles. The second-order valence-electron chi connectivity index (χ2n) is 4.51. The molecule has 5 nitrogen and oxygen atoms in total. The minimum atomic E-state index is -0.775. The van der Waals surface area contributed by atoms with Crippen LogP contribution in [0.2, 0.25) is 0 Å². The minimum Gasteiger partial charge on any atom is -0.480 e. The quantitative estimate of drug-likeness (QED) is 0.807. The maximum absolute atomic E-state index is 11.5. The molecule has 0 radical (unpaired) electrons. The van der Waals surface area contributed by atoms with Gasteiger partial charge in [-0.15, -0.1) is 10.2 Å². The van der Waals surface area contributed by atoms with Crippen molar-refractivity contribution in [2.75, 3.05) is 13.3 Å². The Morgan fingerprint density at radius 2 is 2.26 bits per heavy atom. The van der Waals surface area contributed by atoms with Gasteiger partial charge in [-0.2, -0.15) is 0 Å². The number of nitrogens with one attached hydrogen (secondary N) is 1. The molecule has 8 heteroatoms. The van der Waals surface area contributed by atoms with Crippen molar-refractivity contribution in [3.8, 4) is 0 Å². The number of thioether (sulfide) groups is 2. The Morgan fingerprint density at radius 3 is 2.84 bits per heavy atom. The first-order valence-electron chi connectivity index (χ1n) is 6.06. The number of carboxylic acids is 1. The SMILES string of the molecule is CNC1(C(=O)O)CCCC(Sc2nnc(SC)s2)C1. The zero-order valence-corrected chi connectivity index (χ0v) is 13.3. The summed E-state index contributed by atoms with van der Waals surface area (Å²) in [7, 11) is 1.73. The Kier molecular flexibility index (Phi) is 5.10. The van der Waals surface area contributed by atoms with Crippen molar-refractivity contribution in [1.29, 1.82) is 0 Å². The summed E-state index contributed by atoms with van der Waals surface area (Å²) in [5.41, 5.74) is -0.775. The lowest BCUT2D eigenvalue weighted by Crippen LogP contribution is -2.53. The van der Waals surface area contributed by atoms with Crippen LogP contribution in [0, 0.1) is 0 Å². The van der Waals surface area contributed by atoms with Crippen LogP contribution in [0.5, 0.6) is 0 Å². The summed E-state index contributed by atoms with van der Waals surface area (Å²) in [6.45, 7) is 0. The van der Waals surface area contributed by atoms with Gasteiger partial charge in [-0.05, 0) is 39.0 Å². The third-order valence-corrected chi connectivity index (χ3v) is 6.67. The number of carbonyl (C=O) groups is 1. The Hall–Kier alpha value is -0.310. The van der Waals surface area contributed by atoms with Gasteiger partial charge in [-0.1, -0.05) is 34.9 Å². The normalized spacial score (nSPS) is 27.4. The molecule has 0 bridgehead atoms. The van der Waals surface area contributed by atoms with E-state index in [0.717, 1.165) is 21.5 Å².